The third-order valence-electron chi connectivity index (χ3n) is 7.16. The van der Waals surface area contributed by atoms with Crippen molar-refractivity contribution in [1.82, 2.24) is 24.3 Å². The number of anilines is 1. The lowest BCUT2D eigenvalue weighted by Gasteiger charge is -2.20. The Morgan fingerprint density at radius 1 is 1.00 bits per heavy atom. The molecule has 200 valence electrons. The second-order valence-electron chi connectivity index (χ2n) is 10.2. The number of nitrogen functional groups attached to an aromatic ring is 1. The minimum atomic E-state index is -0.614. The van der Waals surface area contributed by atoms with Crippen molar-refractivity contribution in [2.45, 2.75) is 33.2 Å². The van der Waals surface area contributed by atoms with Gasteiger partial charge in [-0.25, -0.2) is 19.0 Å². The quantitative estimate of drug-likeness (QED) is 0.293. The van der Waals surface area contributed by atoms with Crippen LogP contribution < -0.4 is 11.3 Å². The van der Waals surface area contributed by atoms with E-state index in [2.05, 4.69) is 23.8 Å². The Balaban J connectivity index is 1.64. The fourth-order valence-electron chi connectivity index (χ4n) is 5.36. The van der Waals surface area contributed by atoms with Gasteiger partial charge in [-0.05, 0) is 53.6 Å². The number of para-hydroxylation sites is 1. The van der Waals surface area contributed by atoms with Gasteiger partial charge >= 0.3 is 0 Å². The first-order chi connectivity index (χ1) is 19.2. The molecule has 3 aromatic carbocycles. The lowest BCUT2D eigenvalue weighted by Crippen LogP contribution is -2.25. The smallest absolute Gasteiger partial charge is 0.263 e. The second kappa shape index (κ2) is 9.60. The van der Waals surface area contributed by atoms with Crippen LogP contribution in [0.25, 0.3) is 38.8 Å². The lowest BCUT2D eigenvalue weighted by molar-refractivity contribution is 0.469. The molecule has 0 aliphatic rings. The van der Waals surface area contributed by atoms with Gasteiger partial charge in [0.15, 0.2) is 5.65 Å². The number of pyridine rings is 1. The first kappa shape index (κ1) is 25.2. The molecule has 3 aromatic heterocycles. The number of rotatable bonds is 5. The maximum atomic E-state index is 14.2. The minimum Gasteiger partial charge on any atom is -0.508 e. The van der Waals surface area contributed by atoms with E-state index in [0.29, 0.717) is 33.4 Å². The van der Waals surface area contributed by atoms with E-state index in [0.717, 1.165) is 28.3 Å². The molecule has 0 fully saturated rings. The van der Waals surface area contributed by atoms with Gasteiger partial charge in [-0.3, -0.25) is 9.36 Å². The summed E-state index contributed by atoms with van der Waals surface area (Å²) in [6.07, 6.45) is 1.34. The van der Waals surface area contributed by atoms with Crippen LogP contribution in [-0.2, 0) is 6.54 Å². The molecule has 0 amide bonds. The molecule has 6 rings (SSSR count). The zero-order valence-electron chi connectivity index (χ0n) is 22.3. The van der Waals surface area contributed by atoms with Crippen LogP contribution in [0.5, 0.6) is 5.75 Å². The number of nitrogens with zero attached hydrogens (tertiary/aromatic N) is 5. The van der Waals surface area contributed by atoms with Crippen molar-refractivity contribution in [1.29, 1.82) is 0 Å². The topological polar surface area (TPSA) is 112 Å². The van der Waals surface area contributed by atoms with Gasteiger partial charge < -0.3 is 10.8 Å². The number of aryl methyl sites for hydroxylation is 1. The number of halogens is 1. The van der Waals surface area contributed by atoms with Crippen LogP contribution in [-0.4, -0.2) is 29.4 Å². The number of phenols is 1. The molecule has 3 N–H and O–H groups in total. The van der Waals surface area contributed by atoms with Gasteiger partial charge in [-0.2, -0.15) is 5.10 Å². The Kier molecular flexibility index (Phi) is 6.06. The summed E-state index contributed by atoms with van der Waals surface area (Å²) in [5.74, 6) is -0.505. The molecule has 0 saturated carbocycles. The van der Waals surface area contributed by atoms with Gasteiger partial charge in [0.2, 0.25) is 0 Å². The highest BCUT2D eigenvalue weighted by molar-refractivity contribution is 5.98. The highest BCUT2D eigenvalue weighted by atomic mass is 19.1. The van der Waals surface area contributed by atoms with Crippen LogP contribution in [0.3, 0.4) is 0 Å². The molecular formula is C31H27FN6O2. The standard InChI is InChI=1S/C31H27FN6O2/c1-17(2)24-9-4-5-10-25(24)38-22(12-19-8-6-7-18(3)26(19)31(38)40)15-37-30-27(29(33)34-16-35-30)28(36-37)20-11-21(32)14-23(39)13-20/h4-14,16-17,39H,15H2,1-3H3,(H2,33,34,35). The van der Waals surface area contributed by atoms with Crippen LogP contribution in [0.15, 0.2) is 77.9 Å². The lowest BCUT2D eigenvalue weighted by atomic mass is 10.00. The Morgan fingerprint density at radius 2 is 1.80 bits per heavy atom. The van der Waals surface area contributed by atoms with E-state index in [1.54, 1.807) is 9.25 Å². The largest absolute Gasteiger partial charge is 0.508 e. The molecule has 0 unspecified atom stereocenters. The Labute approximate surface area is 229 Å². The number of phenolic OH excluding ortho intramolecular Hbond substituents is 1. The predicted octanol–water partition coefficient (Wildman–Crippen LogP) is 5.70. The Hall–Kier alpha value is -5.05. The van der Waals surface area contributed by atoms with Gasteiger partial charge in [0, 0.05) is 17.3 Å². The monoisotopic (exact) mass is 534 g/mol. The highest BCUT2D eigenvalue weighted by Gasteiger charge is 2.21. The zero-order valence-corrected chi connectivity index (χ0v) is 22.3. The van der Waals surface area contributed by atoms with Crippen LogP contribution in [0, 0.1) is 12.7 Å². The summed E-state index contributed by atoms with van der Waals surface area (Å²) in [6.45, 7) is 6.29. The zero-order chi connectivity index (χ0) is 28.1. The molecular weight excluding hydrogens is 507 g/mol. The molecule has 0 radical (unpaired) electrons. The van der Waals surface area contributed by atoms with E-state index < -0.39 is 5.82 Å². The van der Waals surface area contributed by atoms with Crippen molar-refractivity contribution in [3.05, 3.63) is 106 Å². The number of aromatic hydroxyl groups is 1. The summed E-state index contributed by atoms with van der Waals surface area (Å²) in [7, 11) is 0. The molecule has 0 aliphatic heterocycles. The molecule has 0 aliphatic carbocycles. The van der Waals surface area contributed by atoms with Crippen LogP contribution in [0.1, 0.15) is 36.6 Å². The third-order valence-corrected chi connectivity index (χ3v) is 7.16. The first-order valence-electron chi connectivity index (χ1n) is 12.9. The second-order valence-corrected chi connectivity index (χ2v) is 10.2. The van der Waals surface area contributed by atoms with Gasteiger partial charge in [-0.1, -0.05) is 50.2 Å². The SMILES string of the molecule is Cc1cccc2cc(Cn3nc(-c4cc(O)cc(F)c4)c4c(N)ncnc43)n(-c3ccccc3C(C)C)c(=O)c12. The molecule has 0 saturated heterocycles. The maximum absolute atomic E-state index is 14.2. The molecule has 0 bridgehead atoms. The number of hydrogen-bond donors (Lipinski definition) is 2. The molecule has 3 heterocycles. The van der Waals surface area contributed by atoms with Crippen molar-refractivity contribution in [3.8, 4) is 22.7 Å². The van der Waals surface area contributed by atoms with Crippen LogP contribution in [0.4, 0.5) is 10.2 Å². The van der Waals surface area contributed by atoms with Crippen molar-refractivity contribution >= 4 is 27.6 Å². The molecule has 0 spiro atoms. The van der Waals surface area contributed by atoms with Crippen molar-refractivity contribution in [3.63, 3.8) is 0 Å². The van der Waals surface area contributed by atoms with Crippen LogP contribution in [0.2, 0.25) is 0 Å². The van der Waals surface area contributed by atoms with E-state index in [4.69, 9.17) is 10.8 Å². The predicted molar refractivity (Wildman–Crippen MR) is 154 cm³/mol. The summed E-state index contributed by atoms with van der Waals surface area (Å²) in [5.41, 5.74) is 10.6. The maximum Gasteiger partial charge on any atom is 0.263 e. The first-order valence-corrected chi connectivity index (χ1v) is 12.9. The molecule has 9 heteroatoms. The average Bonchev–Trinajstić information content (AvgIpc) is 3.28. The van der Waals surface area contributed by atoms with E-state index in [1.165, 1.54) is 18.5 Å². The van der Waals surface area contributed by atoms with Gasteiger partial charge in [-0.15, -0.1) is 0 Å². The van der Waals surface area contributed by atoms with E-state index in [9.17, 15) is 14.3 Å². The number of nitrogens with two attached hydrogens (primary N) is 1. The Morgan fingerprint density at radius 3 is 2.58 bits per heavy atom. The number of aromatic nitrogens is 5. The molecule has 0 atom stereocenters. The van der Waals surface area contributed by atoms with Crippen LogP contribution >= 0.6 is 0 Å². The van der Waals surface area contributed by atoms with E-state index >= 15 is 0 Å². The summed E-state index contributed by atoms with van der Waals surface area (Å²) in [4.78, 5) is 22.7. The summed E-state index contributed by atoms with van der Waals surface area (Å²) < 4.78 is 17.6. The van der Waals surface area contributed by atoms with Crippen molar-refractivity contribution in [2.24, 2.45) is 0 Å². The summed E-state index contributed by atoms with van der Waals surface area (Å²) >= 11 is 0. The minimum absolute atomic E-state index is 0.125. The third kappa shape index (κ3) is 4.16. The summed E-state index contributed by atoms with van der Waals surface area (Å²) in [5, 5.41) is 16.7. The molecule has 8 nitrogen and oxygen atoms in total. The fraction of sp³-hybridized carbons (Fsp3) is 0.161. The van der Waals surface area contributed by atoms with Gasteiger partial charge in [0.1, 0.15) is 29.4 Å². The van der Waals surface area contributed by atoms with Crippen molar-refractivity contribution < 1.29 is 9.50 Å². The summed E-state index contributed by atoms with van der Waals surface area (Å²) in [6, 6.07) is 19.4. The number of hydrogen-bond acceptors (Lipinski definition) is 6. The Bertz CT molecular complexity index is 1970. The normalized spacial score (nSPS) is 11.6. The molecule has 6 aromatic rings. The number of fused-ring (bicyclic) bond motifs is 2. The van der Waals surface area contributed by atoms with E-state index in [-0.39, 0.29) is 29.6 Å². The van der Waals surface area contributed by atoms with Gasteiger partial charge in [0.25, 0.3) is 5.56 Å². The van der Waals surface area contributed by atoms with Gasteiger partial charge in [0.05, 0.1) is 23.0 Å². The van der Waals surface area contributed by atoms with E-state index in [1.807, 2.05) is 55.5 Å². The number of benzene rings is 3. The van der Waals surface area contributed by atoms with Crippen molar-refractivity contribution in [2.75, 3.05) is 5.73 Å². The molecule has 40 heavy (non-hydrogen) atoms. The average molecular weight is 535 g/mol. The fourth-order valence-corrected chi connectivity index (χ4v) is 5.36. The highest BCUT2D eigenvalue weighted by Crippen LogP contribution is 2.33.